The highest BCUT2D eigenvalue weighted by Gasteiger charge is 2.18. The highest BCUT2D eigenvalue weighted by Crippen LogP contribution is 2.16. The van der Waals surface area contributed by atoms with Crippen LogP contribution in [0.15, 0.2) is 23.4 Å². The van der Waals surface area contributed by atoms with E-state index >= 15 is 0 Å². The third kappa shape index (κ3) is 3.53. The summed E-state index contributed by atoms with van der Waals surface area (Å²) in [7, 11) is 0. The largest absolute Gasteiger partial charge is 0.390 e. The summed E-state index contributed by atoms with van der Waals surface area (Å²) in [5, 5.41) is 22.3. The molecule has 0 saturated carbocycles. The highest BCUT2D eigenvalue weighted by molar-refractivity contribution is 5.91. The summed E-state index contributed by atoms with van der Waals surface area (Å²) in [5.74, 6) is -0.180. The van der Waals surface area contributed by atoms with Gasteiger partial charge in [-0.25, -0.2) is 0 Å². The molecule has 0 bridgehead atoms. The SMILES string of the molecule is CC(=O)c1ccc(C(O)C(O)CN=[N+]=[N-])cn1. The quantitative estimate of drug-likeness (QED) is 0.343. The monoisotopic (exact) mass is 236 g/mol. The second-order valence-electron chi connectivity index (χ2n) is 3.46. The van der Waals surface area contributed by atoms with Crippen LogP contribution >= 0.6 is 0 Å². The minimum Gasteiger partial charge on any atom is -0.390 e. The van der Waals surface area contributed by atoms with Crippen LogP contribution in [0.3, 0.4) is 0 Å². The number of aromatic nitrogens is 1. The van der Waals surface area contributed by atoms with Gasteiger partial charge in [-0.15, -0.1) is 0 Å². The Morgan fingerprint density at radius 1 is 1.59 bits per heavy atom. The van der Waals surface area contributed by atoms with Crippen LogP contribution in [0.2, 0.25) is 0 Å². The molecule has 0 amide bonds. The average Bonchev–Trinajstić information content (AvgIpc) is 2.35. The third-order valence-corrected chi connectivity index (χ3v) is 2.19. The van der Waals surface area contributed by atoms with Gasteiger partial charge in [0.25, 0.3) is 0 Å². The van der Waals surface area contributed by atoms with Gasteiger partial charge in [-0.2, -0.15) is 0 Å². The van der Waals surface area contributed by atoms with Gasteiger partial charge in [-0.05, 0) is 11.6 Å². The van der Waals surface area contributed by atoms with E-state index in [0.717, 1.165) is 0 Å². The Morgan fingerprint density at radius 2 is 2.29 bits per heavy atom. The lowest BCUT2D eigenvalue weighted by Gasteiger charge is -2.15. The molecule has 0 radical (unpaired) electrons. The van der Waals surface area contributed by atoms with Crippen molar-refractivity contribution in [1.82, 2.24) is 4.98 Å². The zero-order valence-corrected chi connectivity index (χ0v) is 9.19. The van der Waals surface area contributed by atoms with Gasteiger partial charge in [0.05, 0.1) is 12.6 Å². The van der Waals surface area contributed by atoms with Crippen LogP contribution in [0.5, 0.6) is 0 Å². The molecular weight excluding hydrogens is 224 g/mol. The number of azide groups is 1. The Labute approximate surface area is 97.4 Å². The van der Waals surface area contributed by atoms with Crippen molar-refractivity contribution < 1.29 is 15.0 Å². The van der Waals surface area contributed by atoms with Crippen LogP contribution in [-0.4, -0.2) is 33.6 Å². The summed E-state index contributed by atoms with van der Waals surface area (Å²) in [5.41, 5.74) is 8.72. The van der Waals surface area contributed by atoms with Crippen molar-refractivity contribution in [2.24, 2.45) is 5.11 Å². The van der Waals surface area contributed by atoms with Crippen molar-refractivity contribution in [3.05, 3.63) is 40.0 Å². The first kappa shape index (κ1) is 13.1. The molecule has 90 valence electrons. The molecule has 0 fully saturated rings. The number of carbonyl (C=O) groups is 1. The number of Topliss-reactive ketones (excluding diaryl/α,β-unsaturated/α-hetero) is 1. The fraction of sp³-hybridized carbons (Fsp3) is 0.400. The van der Waals surface area contributed by atoms with E-state index in [1.165, 1.54) is 25.3 Å². The van der Waals surface area contributed by atoms with Crippen molar-refractivity contribution in [2.75, 3.05) is 6.54 Å². The number of carbonyl (C=O) groups excluding carboxylic acids is 1. The van der Waals surface area contributed by atoms with Gasteiger partial charge in [0.1, 0.15) is 11.8 Å². The number of aliphatic hydroxyl groups is 2. The Morgan fingerprint density at radius 3 is 2.76 bits per heavy atom. The fourth-order valence-electron chi connectivity index (χ4n) is 1.23. The van der Waals surface area contributed by atoms with Gasteiger partial charge in [0.15, 0.2) is 5.78 Å². The molecule has 0 aliphatic rings. The molecule has 7 nitrogen and oxygen atoms in total. The first-order valence-electron chi connectivity index (χ1n) is 4.90. The van der Waals surface area contributed by atoms with E-state index in [-0.39, 0.29) is 18.0 Å². The minimum atomic E-state index is -1.20. The van der Waals surface area contributed by atoms with Crippen molar-refractivity contribution in [1.29, 1.82) is 0 Å². The first-order chi connectivity index (χ1) is 8.06. The van der Waals surface area contributed by atoms with E-state index in [1.807, 2.05) is 0 Å². The normalized spacial score (nSPS) is 13.6. The topological polar surface area (TPSA) is 119 Å². The molecule has 7 heteroatoms. The van der Waals surface area contributed by atoms with Crippen LogP contribution in [0.25, 0.3) is 10.4 Å². The Kier molecular flexibility index (Phi) is 4.59. The van der Waals surface area contributed by atoms with E-state index in [9.17, 15) is 15.0 Å². The van der Waals surface area contributed by atoms with E-state index in [2.05, 4.69) is 15.0 Å². The predicted molar refractivity (Wildman–Crippen MR) is 59.2 cm³/mol. The standard InChI is InChI=1S/C10H12N4O3/c1-6(15)8-3-2-7(4-12-8)10(17)9(16)5-13-14-11/h2-4,9-10,16-17H,5H2,1H3. The number of pyridine rings is 1. The van der Waals surface area contributed by atoms with Crippen LogP contribution in [0.1, 0.15) is 29.1 Å². The van der Waals surface area contributed by atoms with Gasteiger partial charge in [0.2, 0.25) is 0 Å². The number of hydrogen-bond acceptors (Lipinski definition) is 5. The molecule has 2 N–H and O–H groups in total. The smallest absolute Gasteiger partial charge is 0.178 e. The molecule has 1 heterocycles. The van der Waals surface area contributed by atoms with E-state index < -0.39 is 12.2 Å². The Bertz CT molecular complexity index is 439. The van der Waals surface area contributed by atoms with E-state index in [4.69, 9.17) is 5.53 Å². The second kappa shape index (κ2) is 5.95. The zero-order valence-electron chi connectivity index (χ0n) is 9.19. The zero-order chi connectivity index (χ0) is 12.8. The molecule has 1 aromatic heterocycles. The number of ketones is 1. The first-order valence-corrected chi connectivity index (χ1v) is 4.90. The lowest BCUT2D eigenvalue weighted by Crippen LogP contribution is -2.21. The van der Waals surface area contributed by atoms with Gasteiger partial charge in [-0.1, -0.05) is 11.2 Å². The number of aliphatic hydroxyl groups excluding tert-OH is 2. The molecule has 17 heavy (non-hydrogen) atoms. The molecular formula is C10H12N4O3. The van der Waals surface area contributed by atoms with Gasteiger partial charge >= 0.3 is 0 Å². The molecule has 0 spiro atoms. The summed E-state index contributed by atoms with van der Waals surface area (Å²) >= 11 is 0. The number of rotatable bonds is 5. The molecule has 1 rings (SSSR count). The van der Waals surface area contributed by atoms with Crippen molar-refractivity contribution in [3.63, 3.8) is 0 Å². The maximum absolute atomic E-state index is 11.0. The Balaban J connectivity index is 2.78. The molecule has 0 aromatic carbocycles. The fourth-order valence-corrected chi connectivity index (χ4v) is 1.23. The van der Waals surface area contributed by atoms with Gasteiger partial charge in [-0.3, -0.25) is 9.78 Å². The van der Waals surface area contributed by atoms with Gasteiger partial charge < -0.3 is 10.2 Å². The Hall–Kier alpha value is -1.95. The summed E-state index contributed by atoms with van der Waals surface area (Å²) in [4.78, 5) is 17.3. The highest BCUT2D eigenvalue weighted by atomic mass is 16.3. The number of nitrogens with zero attached hydrogens (tertiary/aromatic N) is 4. The number of hydrogen-bond donors (Lipinski definition) is 2. The molecule has 1 aromatic rings. The van der Waals surface area contributed by atoms with E-state index in [1.54, 1.807) is 0 Å². The maximum Gasteiger partial charge on any atom is 0.178 e. The molecule has 0 aliphatic heterocycles. The molecule has 2 atom stereocenters. The van der Waals surface area contributed by atoms with Crippen LogP contribution in [0, 0.1) is 0 Å². The van der Waals surface area contributed by atoms with Crippen molar-refractivity contribution in [2.45, 2.75) is 19.1 Å². The molecule has 2 unspecified atom stereocenters. The van der Waals surface area contributed by atoms with Crippen LogP contribution < -0.4 is 0 Å². The maximum atomic E-state index is 11.0. The van der Waals surface area contributed by atoms with Crippen molar-refractivity contribution >= 4 is 5.78 Å². The summed E-state index contributed by atoms with van der Waals surface area (Å²) in [6.45, 7) is 1.15. The molecule has 0 aliphatic carbocycles. The van der Waals surface area contributed by atoms with Crippen molar-refractivity contribution in [3.8, 4) is 0 Å². The summed E-state index contributed by atoms with van der Waals surface area (Å²) in [6.07, 6.45) is -1.09. The third-order valence-electron chi connectivity index (χ3n) is 2.19. The summed E-state index contributed by atoms with van der Waals surface area (Å²) in [6, 6.07) is 2.95. The minimum absolute atomic E-state index is 0.180. The average molecular weight is 236 g/mol. The molecule has 0 saturated heterocycles. The lowest BCUT2D eigenvalue weighted by molar-refractivity contribution is 0.0242. The van der Waals surface area contributed by atoms with Gasteiger partial charge in [0, 0.05) is 23.6 Å². The predicted octanol–water partition coefficient (Wildman–Crippen LogP) is 0.989. The lowest BCUT2D eigenvalue weighted by atomic mass is 10.1. The summed E-state index contributed by atoms with van der Waals surface area (Å²) < 4.78 is 0. The van der Waals surface area contributed by atoms with Crippen LogP contribution in [0.4, 0.5) is 0 Å². The van der Waals surface area contributed by atoms with E-state index in [0.29, 0.717) is 5.56 Å². The van der Waals surface area contributed by atoms with Crippen LogP contribution in [-0.2, 0) is 0 Å². The second-order valence-corrected chi connectivity index (χ2v) is 3.46.